The minimum Gasteiger partial charge on any atom is -0.495 e. The number of carbonyl (C=O) groups is 1. The third kappa shape index (κ3) is 4.66. The third-order valence-corrected chi connectivity index (χ3v) is 2.81. The van der Waals surface area contributed by atoms with Crippen molar-refractivity contribution in [2.24, 2.45) is 0 Å². The average molecular weight is 304 g/mol. The molecule has 2 amide bonds. The van der Waals surface area contributed by atoms with Crippen LogP contribution in [0.25, 0.3) is 0 Å². The summed E-state index contributed by atoms with van der Waals surface area (Å²) in [6.45, 7) is 0.528. The highest BCUT2D eigenvalue weighted by Gasteiger charge is 2.05. The lowest BCUT2D eigenvalue weighted by atomic mass is 10.3. The van der Waals surface area contributed by atoms with Crippen LogP contribution in [0.2, 0.25) is 0 Å². The quantitative estimate of drug-likeness (QED) is 0.806. The second-order valence-corrected chi connectivity index (χ2v) is 4.39. The summed E-state index contributed by atoms with van der Waals surface area (Å²) >= 11 is 0. The molecule has 0 aliphatic carbocycles. The molecule has 116 valence electrons. The SMILES string of the molecule is COc1ccccc1NC(=O)NCCOc1cccc(F)c1. The number of rotatable bonds is 6. The molecule has 22 heavy (non-hydrogen) atoms. The lowest BCUT2D eigenvalue weighted by molar-refractivity contribution is 0.247. The van der Waals surface area contributed by atoms with Crippen molar-refractivity contribution in [3.05, 3.63) is 54.3 Å². The van der Waals surface area contributed by atoms with Crippen LogP contribution in [0.4, 0.5) is 14.9 Å². The van der Waals surface area contributed by atoms with Crippen LogP contribution in [0.15, 0.2) is 48.5 Å². The Morgan fingerprint density at radius 3 is 2.77 bits per heavy atom. The molecule has 2 N–H and O–H groups in total. The standard InChI is InChI=1S/C16H17FN2O3/c1-21-15-8-3-2-7-14(15)19-16(20)18-9-10-22-13-6-4-5-12(17)11-13/h2-8,11H,9-10H2,1H3,(H2,18,19,20). The van der Waals surface area contributed by atoms with Gasteiger partial charge < -0.3 is 20.1 Å². The maximum absolute atomic E-state index is 12.9. The van der Waals surface area contributed by atoms with Gasteiger partial charge in [-0.25, -0.2) is 9.18 Å². The number of halogens is 1. The van der Waals surface area contributed by atoms with Crippen molar-refractivity contribution in [2.45, 2.75) is 0 Å². The molecule has 2 aromatic carbocycles. The number of hydrogen-bond acceptors (Lipinski definition) is 3. The molecule has 0 bridgehead atoms. The second kappa shape index (κ2) is 7.87. The Morgan fingerprint density at radius 1 is 1.18 bits per heavy atom. The molecular formula is C16H17FN2O3. The van der Waals surface area contributed by atoms with E-state index >= 15 is 0 Å². The first-order valence-corrected chi connectivity index (χ1v) is 6.75. The number of urea groups is 1. The molecule has 0 atom stereocenters. The van der Waals surface area contributed by atoms with Gasteiger partial charge in [0, 0.05) is 6.07 Å². The Bertz CT molecular complexity index is 634. The Labute approximate surface area is 128 Å². The summed E-state index contributed by atoms with van der Waals surface area (Å²) < 4.78 is 23.4. The molecule has 0 aliphatic rings. The lowest BCUT2D eigenvalue weighted by Gasteiger charge is -2.11. The van der Waals surface area contributed by atoms with Gasteiger partial charge in [-0.05, 0) is 24.3 Å². The van der Waals surface area contributed by atoms with Crippen molar-refractivity contribution in [1.82, 2.24) is 5.32 Å². The van der Waals surface area contributed by atoms with Crippen LogP contribution >= 0.6 is 0 Å². The normalized spacial score (nSPS) is 9.91. The number of benzene rings is 2. The fourth-order valence-electron chi connectivity index (χ4n) is 1.80. The molecule has 2 aromatic rings. The average Bonchev–Trinajstić information content (AvgIpc) is 2.52. The van der Waals surface area contributed by atoms with Gasteiger partial charge in [0.25, 0.3) is 0 Å². The summed E-state index contributed by atoms with van der Waals surface area (Å²) in [4.78, 5) is 11.8. The van der Waals surface area contributed by atoms with Crippen molar-refractivity contribution < 1.29 is 18.7 Å². The van der Waals surface area contributed by atoms with Gasteiger partial charge >= 0.3 is 6.03 Å². The molecule has 0 saturated heterocycles. The molecule has 0 radical (unpaired) electrons. The second-order valence-electron chi connectivity index (χ2n) is 4.39. The first-order valence-electron chi connectivity index (χ1n) is 6.75. The van der Waals surface area contributed by atoms with Gasteiger partial charge in [-0.15, -0.1) is 0 Å². The smallest absolute Gasteiger partial charge is 0.319 e. The summed E-state index contributed by atoms with van der Waals surface area (Å²) in [6, 6.07) is 12.6. The minimum atomic E-state index is -0.368. The predicted octanol–water partition coefficient (Wildman–Crippen LogP) is 3.03. The maximum atomic E-state index is 12.9. The Hall–Kier alpha value is -2.76. The fraction of sp³-hybridized carbons (Fsp3) is 0.188. The highest BCUT2D eigenvalue weighted by Crippen LogP contribution is 2.22. The maximum Gasteiger partial charge on any atom is 0.319 e. The number of ether oxygens (including phenoxy) is 2. The van der Waals surface area contributed by atoms with Crippen LogP contribution in [-0.2, 0) is 0 Å². The summed E-state index contributed by atoms with van der Waals surface area (Å²) in [6.07, 6.45) is 0. The summed E-state index contributed by atoms with van der Waals surface area (Å²) in [7, 11) is 1.53. The van der Waals surface area contributed by atoms with Gasteiger partial charge in [0.2, 0.25) is 0 Å². The highest BCUT2D eigenvalue weighted by molar-refractivity contribution is 5.90. The summed E-state index contributed by atoms with van der Waals surface area (Å²) in [5, 5.41) is 5.32. The molecule has 0 spiro atoms. The van der Waals surface area contributed by atoms with E-state index in [0.29, 0.717) is 17.2 Å². The number of anilines is 1. The first kappa shape index (κ1) is 15.6. The van der Waals surface area contributed by atoms with Crippen LogP contribution < -0.4 is 20.1 Å². The fourth-order valence-corrected chi connectivity index (χ4v) is 1.80. The van der Waals surface area contributed by atoms with E-state index in [0.717, 1.165) is 0 Å². The van der Waals surface area contributed by atoms with Gasteiger partial charge in [-0.1, -0.05) is 18.2 Å². The minimum absolute atomic E-state index is 0.239. The zero-order valence-electron chi connectivity index (χ0n) is 12.1. The molecule has 0 unspecified atom stereocenters. The third-order valence-electron chi connectivity index (χ3n) is 2.81. The number of amides is 2. The van der Waals surface area contributed by atoms with E-state index in [4.69, 9.17) is 9.47 Å². The largest absolute Gasteiger partial charge is 0.495 e. The predicted molar refractivity (Wildman–Crippen MR) is 81.9 cm³/mol. The van der Waals surface area contributed by atoms with E-state index in [9.17, 15) is 9.18 Å². The monoisotopic (exact) mass is 304 g/mol. The Morgan fingerprint density at radius 2 is 2.00 bits per heavy atom. The molecule has 5 nitrogen and oxygen atoms in total. The Balaban J connectivity index is 1.74. The molecule has 6 heteroatoms. The van der Waals surface area contributed by atoms with Crippen LogP contribution in [0.5, 0.6) is 11.5 Å². The van der Waals surface area contributed by atoms with Crippen molar-refractivity contribution in [3.63, 3.8) is 0 Å². The van der Waals surface area contributed by atoms with E-state index in [2.05, 4.69) is 10.6 Å². The zero-order chi connectivity index (χ0) is 15.8. The first-order chi connectivity index (χ1) is 10.7. The van der Waals surface area contributed by atoms with Gasteiger partial charge in [0.1, 0.15) is 23.9 Å². The van der Waals surface area contributed by atoms with Gasteiger partial charge in [-0.3, -0.25) is 0 Å². The molecule has 2 rings (SSSR count). The molecule has 0 saturated carbocycles. The number of methoxy groups -OCH3 is 1. The van der Waals surface area contributed by atoms with E-state index in [1.54, 1.807) is 30.3 Å². The molecule has 0 aliphatic heterocycles. The summed E-state index contributed by atoms with van der Waals surface area (Å²) in [5.74, 6) is 0.639. The van der Waals surface area contributed by atoms with Gasteiger partial charge in [-0.2, -0.15) is 0 Å². The van der Waals surface area contributed by atoms with Crippen molar-refractivity contribution >= 4 is 11.7 Å². The zero-order valence-corrected chi connectivity index (χ0v) is 12.1. The molecule has 0 heterocycles. The van der Waals surface area contributed by atoms with E-state index in [1.165, 1.54) is 19.2 Å². The summed E-state index contributed by atoms with van der Waals surface area (Å²) in [5.41, 5.74) is 0.577. The number of hydrogen-bond donors (Lipinski definition) is 2. The molecule has 0 fully saturated rings. The van der Waals surface area contributed by atoms with Crippen molar-refractivity contribution in [3.8, 4) is 11.5 Å². The highest BCUT2D eigenvalue weighted by atomic mass is 19.1. The lowest BCUT2D eigenvalue weighted by Crippen LogP contribution is -2.32. The Kier molecular flexibility index (Phi) is 5.59. The molecular weight excluding hydrogens is 287 g/mol. The van der Waals surface area contributed by atoms with Crippen LogP contribution in [0, 0.1) is 5.82 Å². The van der Waals surface area contributed by atoms with Gasteiger partial charge in [0.15, 0.2) is 0 Å². The van der Waals surface area contributed by atoms with Crippen LogP contribution in [0.3, 0.4) is 0 Å². The van der Waals surface area contributed by atoms with E-state index in [1.807, 2.05) is 6.07 Å². The van der Waals surface area contributed by atoms with Crippen LogP contribution in [0.1, 0.15) is 0 Å². The number of carbonyl (C=O) groups excluding carboxylic acids is 1. The van der Waals surface area contributed by atoms with Gasteiger partial charge in [0.05, 0.1) is 19.3 Å². The van der Waals surface area contributed by atoms with E-state index in [-0.39, 0.29) is 25.0 Å². The van der Waals surface area contributed by atoms with Crippen LogP contribution in [-0.4, -0.2) is 26.3 Å². The topological polar surface area (TPSA) is 59.6 Å². The van der Waals surface area contributed by atoms with E-state index < -0.39 is 0 Å². The molecule has 0 aromatic heterocycles. The number of nitrogens with one attached hydrogen (secondary N) is 2. The van der Waals surface area contributed by atoms with Crippen molar-refractivity contribution in [1.29, 1.82) is 0 Å². The number of para-hydroxylation sites is 2. The van der Waals surface area contributed by atoms with Crippen molar-refractivity contribution in [2.75, 3.05) is 25.6 Å².